The van der Waals surface area contributed by atoms with Crippen LogP contribution < -0.4 is 11.1 Å². The smallest absolute Gasteiger partial charge is 0.396 e. The lowest BCUT2D eigenvalue weighted by atomic mass is 10.2. The van der Waals surface area contributed by atoms with Gasteiger partial charge in [-0.1, -0.05) is 27.5 Å². The Morgan fingerprint density at radius 2 is 1.95 bits per heavy atom. The number of hydrogen-bond donors (Lipinski definition) is 2. The number of nitrogens with zero attached hydrogens (tertiary/aromatic N) is 1. The highest BCUT2D eigenvalue weighted by molar-refractivity contribution is 9.10. The van der Waals surface area contributed by atoms with Crippen LogP contribution >= 0.6 is 27.5 Å². The molecule has 0 saturated carbocycles. The van der Waals surface area contributed by atoms with E-state index < -0.39 is 11.7 Å². The fourth-order valence-electron chi connectivity index (χ4n) is 1.52. The molecule has 0 saturated heterocycles. The van der Waals surface area contributed by atoms with Crippen LogP contribution in [0, 0.1) is 0 Å². The molecule has 2 rings (SSSR count). The normalized spacial score (nSPS) is 11.4. The quantitative estimate of drug-likeness (QED) is 0.799. The number of nitrogen functional groups attached to an aromatic ring is 1. The average molecular weight is 367 g/mol. The molecule has 0 aliphatic heterocycles. The summed E-state index contributed by atoms with van der Waals surface area (Å²) in [5.74, 6) is 0.241. The van der Waals surface area contributed by atoms with Crippen LogP contribution in [0.2, 0.25) is 5.02 Å². The van der Waals surface area contributed by atoms with Gasteiger partial charge in [-0.2, -0.15) is 13.2 Å². The van der Waals surface area contributed by atoms with Crippen molar-refractivity contribution in [2.75, 3.05) is 11.1 Å². The second kappa shape index (κ2) is 5.49. The summed E-state index contributed by atoms with van der Waals surface area (Å²) in [5.41, 5.74) is 5.37. The van der Waals surface area contributed by atoms with E-state index in [-0.39, 0.29) is 21.7 Å². The Hall–Kier alpha value is -1.47. The van der Waals surface area contributed by atoms with Crippen LogP contribution in [0.5, 0.6) is 0 Å². The number of rotatable bonds is 2. The SMILES string of the molecule is Nc1cc(Cl)cnc1Nc1ccc(Br)c(C(F)(F)F)c1. The third-order valence-electron chi connectivity index (χ3n) is 2.42. The van der Waals surface area contributed by atoms with Crippen LogP contribution in [0.25, 0.3) is 0 Å². The Kier molecular flexibility index (Phi) is 4.10. The number of anilines is 3. The first-order valence-corrected chi connectivity index (χ1v) is 6.49. The molecule has 0 spiro atoms. The largest absolute Gasteiger partial charge is 0.417 e. The van der Waals surface area contributed by atoms with E-state index in [0.29, 0.717) is 5.02 Å². The zero-order chi connectivity index (χ0) is 14.9. The van der Waals surface area contributed by atoms with Crippen molar-refractivity contribution in [3.63, 3.8) is 0 Å². The van der Waals surface area contributed by atoms with Crippen LogP contribution in [0.15, 0.2) is 34.9 Å². The van der Waals surface area contributed by atoms with E-state index in [1.807, 2.05) is 0 Å². The highest BCUT2D eigenvalue weighted by Crippen LogP contribution is 2.37. The second-order valence-electron chi connectivity index (χ2n) is 3.91. The summed E-state index contributed by atoms with van der Waals surface area (Å²) in [6.45, 7) is 0. The Bertz CT molecular complexity index is 646. The number of alkyl halides is 3. The Balaban J connectivity index is 2.35. The molecule has 106 valence electrons. The fourth-order valence-corrected chi connectivity index (χ4v) is 2.15. The van der Waals surface area contributed by atoms with Gasteiger partial charge in [-0.05, 0) is 24.3 Å². The first-order valence-electron chi connectivity index (χ1n) is 5.32. The van der Waals surface area contributed by atoms with Crippen LogP contribution in [-0.4, -0.2) is 4.98 Å². The third-order valence-corrected chi connectivity index (χ3v) is 3.32. The number of pyridine rings is 1. The minimum atomic E-state index is -4.45. The molecule has 1 aromatic carbocycles. The number of aromatic nitrogens is 1. The van der Waals surface area contributed by atoms with Crippen molar-refractivity contribution < 1.29 is 13.2 Å². The molecule has 2 aromatic rings. The number of nitrogens with one attached hydrogen (secondary N) is 1. The molecule has 0 atom stereocenters. The van der Waals surface area contributed by atoms with Gasteiger partial charge in [0.25, 0.3) is 0 Å². The van der Waals surface area contributed by atoms with Gasteiger partial charge in [-0.15, -0.1) is 0 Å². The lowest BCUT2D eigenvalue weighted by Crippen LogP contribution is -2.07. The van der Waals surface area contributed by atoms with Gasteiger partial charge in [0.1, 0.15) is 0 Å². The summed E-state index contributed by atoms with van der Waals surface area (Å²) in [7, 11) is 0. The van der Waals surface area contributed by atoms with Gasteiger partial charge >= 0.3 is 6.18 Å². The number of nitrogens with two attached hydrogens (primary N) is 1. The molecular weight excluding hydrogens is 359 g/mol. The molecule has 8 heteroatoms. The third kappa shape index (κ3) is 3.34. The minimum absolute atomic E-state index is 0.0346. The Morgan fingerprint density at radius 1 is 1.25 bits per heavy atom. The van der Waals surface area contributed by atoms with E-state index in [2.05, 4.69) is 26.2 Å². The van der Waals surface area contributed by atoms with E-state index in [1.54, 1.807) is 0 Å². The van der Waals surface area contributed by atoms with E-state index in [0.717, 1.165) is 6.07 Å². The predicted molar refractivity (Wildman–Crippen MR) is 76.1 cm³/mol. The molecule has 0 aliphatic rings. The molecule has 0 aliphatic carbocycles. The topological polar surface area (TPSA) is 50.9 Å². The van der Waals surface area contributed by atoms with Crippen molar-refractivity contribution in [3.8, 4) is 0 Å². The van der Waals surface area contributed by atoms with Crippen molar-refractivity contribution in [1.29, 1.82) is 0 Å². The molecule has 0 bridgehead atoms. The second-order valence-corrected chi connectivity index (χ2v) is 5.20. The fraction of sp³-hybridized carbons (Fsp3) is 0.0833. The predicted octanol–water partition coefficient (Wildman–Crippen LogP) is 4.84. The van der Waals surface area contributed by atoms with Crippen molar-refractivity contribution >= 4 is 44.7 Å². The molecule has 0 fully saturated rings. The highest BCUT2D eigenvalue weighted by Gasteiger charge is 2.33. The maximum absolute atomic E-state index is 12.8. The highest BCUT2D eigenvalue weighted by atomic mass is 79.9. The van der Waals surface area contributed by atoms with Crippen LogP contribution in [0.3, 0.4) is 0 Å². The first kappa shape index (κ1) is 14.9. The lowest BCUT2D eigenvalue weighted by molar-refractivity contribution is -0.138. The van der Waals surface area contributed by atoms with Gasteiger partial charge in [-0.25, -0.2) is 4.98 Å². The molecule has 1 aromatic heterocycles. The average Bonchev–Trinajstić information content (AvgIpc) is 2.33. The maximum Gasteiger partial charge on any atom is 0.417 e. The van der Waals surface area contributed by atoms with Crippen molar-refractivity contribution in [2.24, 2.45) is 0 Å². The van der Waals surface area contributed by atoms with Crippen molar-refractivity contribution in [2.45, 2.75) is 6.18 Å². The minimum Gasteiger partial charge on any atom is -0.396 e. The molecular formula is C12H8BrClF3N3. The summed E-state index contributed by atoms with van der Waals surface area (Å²) >= 11 is 8.57. The lowest BCUT2D eigenvalue weighted by Gasteiger charge is -2.13. The summed E-state index contributed by atoms with van der Waals surface area (Å²) in [5, 5.41) is 3.07. The van der Waals surface area contributed by atoms with Crippen LogP contribution in [0.4, 0.5) is 30.4 Å². The van der Waals surface area contributed by atoms with E-state index in [4.69, 9.17) is 17.3 Å². The number of benzene rings is 1. The number of halogens is 5. The molecule has 3 nitrogen and oxygen atoms in total. The van der Waals surface area contributed by atoms with Crippen LogP contribution in [0.1, 0.15) is 5.56 Å². The Morgan fingerprint density at radius 3 is 2.55 bits per heavy atom. The Labute approximate surface area is 126 Å². The van der Waals surface area contributed by atoms with Crippen LogP contribution in [-0.2, 0) is 6.18 Å². The van der Waals surface area contributed by atoms with Gasteiger partial charge in [0.05, 0.1) is 16.3 Å². The van der Waals surface area contributed by atoms with Gasteiger partial charge in [0, 0.05) is 16.4 Å². The maximum atomic E-state index is 12.8. The zero-order valence-corrected chi connectivity index (χ0v) is 12.1. The molecule has 1 heterocycles. The molecule has 0 radical (unpaired) electrons. The first-order chi connectivity index (χ1) is 9.27. The van der Waals surface area contributed by atoms with Crippen molar-refractivity contribution in [1.82, 2.24) is 4.98 Å². The summed E-state index contributed by atoms with van der Waals surface area (Å²) < 4.78 is 38.3. The van der Waals surface area contributed by atoms with E-state index in [1.165, 1.54) is 24.4 Å². The van der Waals surface area contributed by atoms with Gasteiger partial charge < -0.3 is 11.1 Å². The zero-order valence-electron chi connectivity index (χ0n) is 9.80. The van der Waals surface area contributed by atoms with Gasteiger partial charge in [-0.3, -0.25) is 0 Å². The molecule has 20 heavy (non-hydrogen) atoms. The monoisotopic (exact) mass is 365 g/mol. The summed E-state index contributed by atoms with van der Waals surface area (Å²) in [6, 6.07) is 5.21. The standard InChI is InChI=1S/C12H8BrClF3N3/c13-9-2-1-7(4-8(9)12(15,16)17)20-11-10(18)3-6(14)5-19-11/h1-5H,18H2,(H,19,20). The van der Waals surface area contributed by atoms with Crippen molar-refractivity contribution in [3.05, 3.63) is 45.5 Å². The molecule has 0 unspecified atom stereocenters. The van der Waals surface area contributed by atoms with Gasteiger partial charge in [0.2, 0.25) is 0 Å². The molecule has 0 amide bonds. The molecule has 3 N–H and O–H groups in total. The number of hydrogen-bond acceptors (Lipinski definition) is 3. The van der Waals surface area contributed by atoms with E-state index in [9.17, 15) is 13.2 Å². The summed E-state index contributed by atoms with van der Waals surface area (Å²) in [4.78, 5) is 3.93. The van der Waals surface area contributed by atoms with Gasteiger partial charge in [0.15, 0.2) is 5.82 Å². The van der Waals surface area contributed by atoms with E-state index >= 15 is 0 Å². The summed E-state index contributed by atoms with van der Waals surface area (Å²) in [6.07, 6.45) is -3.10.